The van der Waals surface area contributed by atoms with Crippen LogP contribution < -0.4 is 15.4 Å². The van der Waals surface area contributed by atoms with Crippen LogP contribution in [-0.2, 0) is 14.3 Å². The number of hydrogen-bond acceptors (Lipinski definition) is 5. The van der Waals surface area contributed by atoms with E-state index < -0.39 is 17.8 Å². The molecule has 0 bridgehead atoms. The van der Waals surface area contributed by atoms with Gasteiger partial charge in [0, 0.05) is 11.4 Å². The largest absolute Gasteiger partial charge is 0.496 e. The first-order valence-corrected chi connectivity index (χ1v) is 9.53. The Morgan fingerprint density at radius 2 is 1.76 bits per heavy atom. The van der Waals surface area contributed by atoms with E-state index in [4.69, 9.17) is 9.47 Å². The molecule has 0 fully saturated rings. The lowest BCUT2D eigenvalue weighted by atomic mass is 10.1. The van der Waals surface area contributed by atoms with Gasteiger partial charge in [-0.05, 0) is 35.9 Å². The highest BCUT2D eigenvalue weighted by atomic mass is 79.9. The van der Waals surface area contributed by atoms with E-state index in [0.29, 0.717) is 11.3 Å². The molecule has 152 valence electrons. The van der Waals surface area contributed by atoms with Gasteiger partial charge in [-0.3, -0.25) is 14.4 Å². The molecule has 0 radical (unpaired) electrons. The van der Waals surface area contributed by atoms with Crippen molar-refractivity contribution in [3.05, 3.63) is 69.8 Å². The lowest BCUT2D eigenvalue weighted by Gasteiger charge is -2.13. The zero-order chi connectivity index (χ0) is 21.2. The second-order valence-electron chi connectivity index (χ2n) is 5.86. The number of esters is 1. The maximum absolute atomic E-state index is 12.7. The van der Waals surface area contributed by atoms with Crippen molar-refractivity contribution in [2.24, 2.45) is 0 Å². The molecule has 0 saturated heterocycles. The SMILES string of the molecule is COc1ccccc1C(=O)NC(=Cc1ccc(Br)cc1)C(=O)NCCOC(C)=O. The molecule has 2 amide bonds. The summed E-state index contributed by atoms with van der Waals surface area (Å²) in [5.74, 6) is -1.04. The highest BCUT2D eigenvalue weighted by molar-refractivity contribution is 9.10. The average Bonchev–Trinajstić information content (AvgIpc) is 2.71. The van der Waals surface area contributed by atoms with Crippen molar-refractivity contribution < 1.29 is 23.9 Å². The third-order valence-electron chi connectivity index (χ3n) is 3.72. The van der Waals surface area contributed by atoms with Gasteiger partial charge in [0.2, 0.25) is 0 Å². The third kappa shape index (κ3) is 7.08. The number of ether oxygens (including phenoxy) is 2. The topological polar surface area (TPSA) is 93.7 Å². The number of para-hydroxylation sites is 1. The maximum Gasteiger partial charge on any atom is 0.302 e. The molecule has 8 heteroatoms. The molecular weight excluding hydrogens is 440 g/mol. The molecule has 0 aliphatic rings. The Kier molecular flexibility index (Phi) is 8.42. The van der Waals surface area contributed by atoms with E-state index in [0.717, 1.165) is 10.0 Å². The molecular formula is C21H21BrN2O5. The fraction of sp³-hybridized carbons (Fsp3) is 0.190. The molecule has 2 aromatic carbocycles. The second-order valence-corrected chi connectivity index (χ2v) is 6.78. The molecule has 29 heavy (non-hydrogen) atoms. The minimum absolute atomic E-state index is 0.0348. The van der Waals surface area contributed by atoms with Gasteiger partial charge in [-0.2, -0.15) is 0 Å². The van der Waals surface area contributed by atoms with E-state index in [9.17, 15) is 14.4 Å². The Hall–Kier alpha value is -3.13. The van der Waals surface area contributed by atoms with E-state index in [1.165, 1.54) is 14.0 Å². The predicted octanol–water partition coefficient (Wildman–Crippen LogP) is 2.91. The third-order valence-corrected chi connectivity index (χ3v) is 4.25. The Labute approximate surface area is 177 Å². The number of benzene rings is 2. The number of carbonyl (C=O) groups excluding carboxylic acids is 3. The Bertz CT molecular complexity index is 910. The molecule has 0 aromatic heterocycles. The normalized spacial score (nSPS) is 10.8. The van der Waals surface area contributed by atoms with Gasteiger partial charge < -0.3 is 20.1 Å². The molecule has 0 spiro atoms. The van der Waals surface area contributed by atoms with Gasteiger partial charge in [0.05, 0.1) is 19.2 Å². The molecule has 2 N–H and O–H groups in total. The monoisotopic (exact) mass is 460 g/mol. The molecule has 2 rings (SSSR count). The first-order chi connectivity index (χ1) is 13.9. The van der Waals surface area contributed by atoms with Gasteiger partial charge in [0.15, 0.2) is 0 Å². The zero-order valence-electron chi connectivity index (χ0n) is 16.0. The summed E-state index contributed by atoms with van der Waals surface area (Å²) in [7, 11) is 1.46. The van der Waals surface area contributed by atoms with Crippen molar-refractivity contribution in [2.75, 3.05) is 20.3 Å². The van der Waals surface area contributed by atoms with Crippen LogP contribution in [0.2, 0.25) is 0 Å². The van der Waals surface area contributed by atoms with Crippen molar-refractivity contribution >= 4 is 39.8 Å². The van der Waals surface area contributed by atoms with E-state index in [1.807, 2.05) is 12.1 Å². The number of rotatable bonds is 8. The number of amides is 2. The van der Waals surface area contributed by atoms with Crippen molar-refractivity contribution in [3.63, 3.8) is 0 Å². The molecule has 0 heterocycles. The van der Waals surface area contributed by atoms with Crippen LogP contribution in [0.1, 0.15) is 22.8 Å². The van der Waals surface area contributed by atoms with E-state index in [1.54, 1.807) is 42.5 Å². The molecule has 0 aliphatic heterocycles. The van der Waals surface area contributed by atoms with Crippen molar-refractivity contribution in [3.8, 4) is 5.75 Å². The van der Waals surface area contributed by atoms with Crippen molar-refractivity contribution in [2.45, 2.75) is 6.92 Å². The van der Waals surface area contributed by atoms with Gasteiger partial charge >= 0.3 is 5.97 Å². The van der Waals surface area contributed by atoms with Gasteiger partial charge in [0.1, 0.15) is 18.1 Å². The summed E-state index contributed by atoms with van der Waals surface area (Å²) >= 11 is 3.36. The highest BCUT2D eigenvalue weighted by Crippen LogP contribution is 2.18. The lowest BCUT2D eigenvalue weighted by molar-refractivity contribution is -0.141. The van der Waals surface area contributed by atoms with E-state index in [2.05, 4.69) is 26.6 Å². The number of methoxy groups -OCH3 is 1. The summed E-state index contributed by atoms with van der Waals surface area (Å²) in [5, 5.41) is 5.25. The summed E-state index contributed by atoms with van der Waals surface area (Å²) in [6, 6.07) is 14.0. The molecule has 0 saturated carbocycles. The number of halogens is 1. The van der Waals surface area contributed by atoms with Crippen LogP contribution in [0.25, 0.3) is 6.08 Å². The fourth-order valence-electron chi connectivity index (χ4n) is 2.36. The van der Waals surface area contributed by atoms with Crippen LogP contribution in [0.4, 0.5) is 0 Å². The Balaban J connectivity index is 2.21. The summed E-state index contributed by atoms with van der Waals surface area (Å²) in [6.07, 6.45) is 1.56. The fourth-order valence-corrected chi connectivity index (χ4v) is 2.62. The van der Waals surface area contributed by atoms with Crippen LogP contribution in [0.3, 0.4) is 0 Å². The summed E-state index contributed by atoms with van der Waals surface area (Å²) < 4.78 is 10.9. The first kappa shape index (κ1) is 22.2. The number of nitrogens with one attached hydrogen (secondary N) is 2. The standard InChI is InChI=1S/C21H21BrN2O5/c1-14(25)29-12-11-23-21(27)18(13-15-7-9-16(22)10-8-15)24-20(26)17-5-3-4-6-19(17)28-2/h3-10,13H,11-12H2,1-2H3,(H,23,27)(H,24,26). The van der Waals surface area contributed by atoms with Gasteiger partial charge in [-0.1, -0.05) is 40.2 Å². The number of hydrogen-bond donors (Lipinski definition) is 2. The smallest absolute Gasteiger partial charge is 0.302 e. The van der Waals surface area contributed by atoms with E-state index in [-0.39, 0.29) is 18.8 Å². The van der Waals surface area contributed by atoms with Crippen molar-refractivity contribution in [1.82, 2.24) is 10.6 Å². The molecule has 0 aliphatic carbocycles. The summed E-state index contributed by atoms with van der Waals surface area (Å²) in [5.41, 5.74) is 1.06. The van der Waals surface area contributed by atoms with Crippen LogP contribution in [0.5, 0.6) is 5.75 Å². The van der Waals surface area contributed by atoms with Crippen molar-refractivity contribution in [1.29, 1.82) is 0 Å². The Morgan fingerprint density at radius 3 is 2.41 bits per heavy atom. The van der Waals surface area contributed by atoms with E-state index >= 15 is 0 Å². The quantitative estimate of drug-likeness (QED) is 0.358. The predicted molar refractivity (Wildman–Crippen MR) is 112 cm³/mol. The minimum Gasteiger partial charge on any atom is -0.496 e. The molecule has 2 aromatic rings. The first-order valence-electron chi connectivity index (χ1n) is 8.74. The van der Waals surface area contributed by atoms with Crippen LogP contribution >= 0.6 is 15.9 Å². The lowest BCUT2D eigenvalue weighted by Crippen LogP contribution is -2.36. The van der Waals surface area contributed by atoms with Gasteiger partial charge in [-0.25, -0.2) is 0 Å². The average molecular weight is 461 g/mol. The van der Waals surface area contributed by atoms with Crippen LogP contribution in [-0.4, -0.2) is 38.0 Å². The van der Waals surface area contributed by atoms with Gasteiger partial charge in [-0.15, -0.1) is 0 Å². The number of carbonyl (C=O) groups is 3. The Morgan fingerprint density at radius 1 is 1.07 bits per heavy atom. The maximum atomic E-state index is 12.7. The molecule has 7 nitrogen and oxygen atoms in total. The highest BCUT2D eigenvalue weighted by Gasteiger charge is 2.17. The zero-order valence-corrected chi connectivity index (χ0v) is 17.6. The summed E-state index contributed by atoms with van der Waals surface area (Å²) in [6.45, 7) is 1.43. The van der Waals surface area contributed by atoms with Crippen LogP contribution in [0, 0.1) is 0 Å². The second kappa shape index (κ2) is 11.0. The molecule has 0 unspecified atom stereocenters. The van der Waals surface area contributed by atoms with Gasteiger partial charge in [0.25, 0.3) is 11.8 Å². The summed E-state index contributed by atoms with van der Waals surface area (Å²) in [4.78, 5) is 36.2. The molecule has 0 atom stereocenters. The van der Waals surface area contributed by atoms with Crippen LogP contribution in [0.15, 0.2) is 58.7 Å². The minimum atomic E-state index is -0.511.